The van der Waals surface area contributed by atoms with E-state index in [0.717, 1.165) is 12.0 Å². The predicted octanol–water partition coefficient (Wildman–Crippen LogP) is 3.48. The van der Waals surface area contributed by atoms with Crippen molar-refractivity contribution in [2.45, 2.75) is 18.9 Å². The standard InChI is InChI=1S/C28H25ClN4O5/c29-18-3-1-2-16(8-18)24(34)12-31-21-4-6-30-26(35)25(21)23-10-17-9-19-20(11-22(17)32-23)28(37)33(27(19)36)13-15-5-7-38-14-15/h1-4,6,8-9,11,15,24,34H,5,7,10,12-14H2,(H2,30,31,35)/t15-,24+/m0/s1. The number of nitrogens with zero attached hydrogens (tertiary/aromatic N) is 2. The van der Waals surface area contributed by atoms with Crippen molar-refractivity contribution >= 4 is 40.5 Å². The van der Waals surface area contributed by atoms with Crippen LogP contribution in [-0.2, 0) is 11.2 Å². The third kappa shape index (κ3) is 4.42. The monoisotopic (exact) mass is 532 g/mol. The van der Waals surface area contributed by atoms with Gasteiger partial charge >= 0.3 is 0 Å². The summed E-state index contributed by atoms with van der Waals surface area (Å²) in [6.07, 6.45) is 1.84. The Kier molecular flexibility index (Phi) is 6.35. The smallest absolute Gasteiger partial charge is 0.261 e. The second-order valence-corrected chi connectivity index (χ2v) is 10.2. The minimum Gasteiger partial charge on any atom is -0.387 e. The number of rotatable bonds is 7. The quantitative estimate of drug-likeness (QED) is 0.400. The molecule has 38 heavy (non-hydrogen) atoms. The second kappa shape index (κ2) is 9.83. The minimum absolute atomic E-state index is 0.149. The number of anilines is 1. The zero-order valence-electron chi connectivity index (χ0n) is 20.4. The lowest BCUT2D eigenvalue weighted by molar-refractivity contribution is 0.0623. The van der Waals surface area contributed by atoms with Crippen molar-refractivity contribution in [3.63, 3.8) is 0 Å². The summed E-state index contributed by atoms with van der Waals surface area (Å²) < 4.78 is 5.39. The molecule has 0 bridgehead atoms. The van der Waals surface area contributed by atoms with E-state index in [4.69, 9.17) is 16.3 Å². The molecule has 1 aromatic heterocycles. The molecule has 3 aliphatic heterocycles. The van der Waals surface area contributed by atoms with E-state index in [-0.39, 0.29) is 29.8 Å². The largest absolute Gasteiger partial charge is 0.387 e. The molecular weight excluding hydrogens is 508 g/mol. The van der Waals surface area contributed by atoms with Crippen LogP contribution in [0.25, 0.3) is 0 Å². The number of hydrogen-bond acceptors (Lipinski definition) is 7. The number of H-pyrrole nitrogens is 1. The van der Waals surface area contributed by atoms with Gasteiger partial charge in [-0.15, -0.1) is 0 Å². The van der Waals surface area contributed by atoms with Gasteiger partial charge in [0.25, 0.3) is 17.4 Å². The fraction of sp³-hybridized carbons (Fsp3) is 0.286. The van der Waals surface area contributed by atoms with E-state index in [2.05, 4.69) is 15.3 Å². The highest BCUT2D eigenvalue weighted by molar-refractivity contribution is 6.30. The first-order chi connectivity index (χ1) is 18.4. The molecule has 4 heterocycles. The first kappa shape index (κ1) is 24.5. The van der Waals surface area contributed by atoms with Gasteiger partial charge < -0.3 is 20.1 Å². The number of imide groups is 1. The van der Waals surface area contributed by atoms with Gasteiger partial charge in [-0.1, -0.05) is 23.7 Å². The number of amides is 2. The number of carbonyl (C=O) groups excluding carboxylic acids is 2. The molecule has 3 aromatic rings. The van der Waals surface area contributed by atoms with E-state index in [0.29, 0.717) is 70.5 Å². The van der Waals surface area contributed by atoms with Crippen LogP contribution in [0.1, 0.15) is 49.9 Å². The van der Waals surface area contributed by atoms with Crippen LogP contribution >= 0.6 is 11.6 Å². The van der Waals surface area contributed by atoms with E-state index in [1.807, 2.05) is 0 Å². The number of aliphatic hydroxyl groups excluding tert-OH is 1. The molecule has 3 aliphatic rings. The normalized spacial score (nSPS) is 18.9. The van der Waals surface area contributed by atoms with Crippen molar-refractivity contribution in [2.75, 3.05) is 31.6 Å². The Hall–Kier alpha value is -3.79. The summed E-state index contributed by atoms with van der Waals surface area (Å²) >= 11 is 6.04. The number of fused-ring (bicyclic) bond motifs is 2. The zero-order valence-corrected chi connectivity index (χ0v) is 21.1. The van der Waals surface area contributed by atoms with Crippen molar-refractivity contribution in [2.24, 2.45) is 10.9 Å². The molecule has 194 valence electrons. The minimum atomic E-state index is -0.845. The molecule has 0 spiro atoms. The van der Waals surface area contributed by atoms with E-state index in [1.54, 1.807) is 42.5 Å². The van der Waals surface area contributed by atoms with Gasteiger partial charge in [-0.25, -0.2) is 0 Å². The molecule has 1 fully saturated rings. The summed E-state index contributed by atoms with van der Waals surface area (Å²) in [5, 5.41) is 14.3. The third-order valence-electron chi connectivity index (χ3n) is 7.22. The van der Waals surface area contributed by atoms with Crippen molar-refractivity contribution < 1.29 is 19.4 Å². The van der Waals surface area contributed by atoms with Gasteiger partial charge in [-0.05, 0) is 47.9 Å². The van der Waals surface area contributed by atoms with Crippen LogP contribution in [0, 0.1) is 5.92 Å². The highest BCUT2D eigenvalue weighted by Crippen LogP contribution is 2.36. The number of carbonyl (C=O) groups is 2. The van der Waals surface area contributed by atoms with Crippen LogP contribution in [0.2, 0.25) is 5.02 Å². The first-order valence-electron chi connectivity index (χ1n) is 12.5. The molecule has 10 heteroatoms. The molecular formula is C28H25ClN4O5. The molecule has 0 saturated carbocycles. The van der Waals surface area contributed by atoms with Crippen molar-refractivity contribution in [1.82, 2.24) is 9.88 Å². The van der Waals surface area contributed by atoms with Crippen LogP contribution < -0.4 is 10.9 Å². The SMILES string of the molecule is O=C1c2cc3c(cc2C(=O)N1C[C@@H]1CCOC1)N=C(c1c(NC[C@@H](O)c2cccc(Cl)c2)cc[nH]c1=O)C3. The number of halogens is 1. The van der Waals surface area contributed by atoms with E-state index < -0.39 is 6.10 Å². The van der Waals surface area contributed by atoms with Crippen LogP contribution in [0.3, 0.4) is 0 Å². The Balaban J connectivity index is 1.24. The van der Waals surface area contributed by atoms with E-state index >= 15 is 0 Å². The Labute approximate surface area is 223 Å². The molecule has 3 N–H and O–H groups in total. The lowest BCUT2D eigenvalue weighted by Crippen LogP contribution is -2.34. The number of aliphatic imine (C=N–C) groups is 1. The van der Waals surface area contributed by atoms with Crippen LogP contribution in [-0.4, -0.2) is 58.8 Å². The van der Waals surface area contributed by atoms with Crippen LogP contribution in [0.5, 0.6) is 0 Å². The second-order valence-electron chi connectivity index (χ2n) is 9.76. The molecule has 1 saturated heterocycles. The number of pyridine rings is 1. The lowest BCUT2D eigenvalue weighted by Gasteiger charge is -2.17. The Morgan fingerprint density at radius 2 is 1.97 bits per heavy atom. The van der Waals surface area contributed by atoms with Gasteiger partial charge in [-0.3, -0.25) is 24.3 Å². The molecule has 9 nitrogen and oxygen atoms in total. The maximum atomic E-state index is 13.1. The Bertz CT molecular complexity index is 1540. The van der Waals surface area contributed by atoms with E-state index in [9.17, 15) is 19.5 Å². The summed E-state index contributed by atoms with van der Waals surface area (Å²) in [5.74, 6) is -0.469. The Morgan fingerprint density at radius 3 is 2.74 bits per heavy atom. The van der Waals surface area contributed by atoms with Gasteiger partial charge in [0, 0.05) is 43.3 Å². The highest BCUT2D eigenvalue weighted by atomic mass is 35.5. The number of hydrogen-bond donors (Lipinski definition) is 3. The lowest BCUT2D eigenvalue weighted by atomic mass is 10.00. The molecule has 2 atom stereocenters. The van der Waals surface area contributed by atoms with Gasteiger partial charge in [0.1, 0.15) is 0 Å². The third-order valence-corrected chi connectivity index (χ3v) is 7.45. The van der Waals surface area contributed by atoms with Gasteiger partial charge in [-0.2, -0.15) is 0 Å². The van der Waals surface area contributed by atoms with Gasteiger partial charge in [0.05, 0.1) is 46.5 Å². The summed E-state index contributed by atoms with van der Waals surface area (Å²) in [4.78, 5) is 47.7. The van der Waals surface area contributed by atoms with Crippen LogP contribution in [0.4, 0.5) is 11.4 Å². The van der Waals surface area contributed by atoms with Gasteiger partial charge in [0.2, 0.25) is 0 Å². The number of benzene rings is 2. The first-order valence-corrected chi connectivity index (χ1v) is 12.8. The van der Waals surface area contributed by atoms with Crippen molar-refractivity contribution in [1.29, 1.82) is 0 Å². The fourth-order valence-electron chi connectivity index (χ4n) is 5.23. The number of aliphatic hydroxyl groups is 1. The van der Waals surface area contributed by atoms with Crippen LogP contribution in [0.15, 0.2) is 58.4 Å². The predicted molar refractivity (Wildman–Crippen MR) is 143 cm³/mol. The van der Waals surface area contributed by atoms with Gasteiger partial charge in [0.15, 0.2) is 0 Å². The fourth-order valence-corrected chi connectivity index (χ4v) is 5.43. The maximum Gasteiger partial charge on any atom is 0.261 e. The van der Waals surface area contributed by atoms with Crippen molar-refractivity contribution in [3.05, 3.63) is 91.9 Å². The molecule has 0 aliphatic carbocycles. The average molecular weight is 533 g/mol. The maximum absolute atomic E-state index is 13.1. The molecule has 0 radical (unpaired) electrons. The summed E-state index contributed by atoms with van der Waals surface area (Å²) in [6.45, 7) is 1.70. The summed E-state index contributed by atoms with van der Waals surface area (Å²) in [5.41, 5.74) is 3.76. The molecule has 6 rings (SSSR count). The average Bonchev–Trinajstić information content (AvgIpc) is 3.62. The highest BCUT2D eigenvalue weighted by Gasteiger charge is 2.39. The molecule has 2 aromatic carbocycles. The van der Waals surface area contributed by atoms with E-state index in [1.165, 1.54) is 11.1 Å². The summed E-state index contributed by atoms with van der Waals surface area (Å²) in [6, 6.07) is 12.0. The van der Waals surface area contributed by atoms with Crippen molar-refractivity contribution in [3.8, 4) is 0 Å². The number of aromatic amines is 1. The topological polar surface area (TPSA) is 124 Å². The summed E-state index contributed by atoms with van der Waals surface area (Å²) in [7, 11) is 0. The molecule has 0 unspecified atom stereocenters. The number of aromatic nitrogens is 1. The Morgan fingerprint density at radius 1 is 1.16 bits per heavy atom. The number of ether oxygens (including phenoxy) is 1. The zero-order chi connectivity index (χ0) is 26.4. The molecule has 2 amide bonds. The number of nitrogens with one attached hydrogen (secondary N) is 2.